The Morgan fingerprint density at radius 2 is 2.22 bits per heavy atom. The molecule has 1 rings (SSSR count). The molecule has 4 nitrogen and oxygen atoms in total. The van der Waals surface area contributed by atoms with E-state index < -0.39 is 5.91 Å². The lowest BCUT2D eigenvalue weighted by molar-refractivity contribution is -0.127. The van der Waals surface area contributed by atoms with Crippen molar-refractivity contribution in [3.05, 3.63) is 0 Å². The largest absolute Gasteiger partial charge is 0.368 e. The first kappa shape index (κ1) is 6.07. The van der Waals surface area contributed by atoms with Crippen molar-refractivity contribution in [3.63, 3.8) is 0 Å². The Labute approximate surface area is 52.6 Å². The molecule has 1 aliphatic heterocycles. The van der Waals surface area contributed by atoms with Gasteiger partial charge in [-0.25, -0.2) is 0 Å². The Bertz CT molecular complexity index is 148. The molecular formula is C5H8N2O2. The van der Waals surface area contributed by atoms with E-state index in [1.165, 1.54) is 11.8 Å². The molecule has 2 N–H and O–H groups in total. The highest BCUT2D eigenvalue weighted by molar-refractivity contribution is 5.90. The van der Waals surface area contributed by atoms with E-state index in [-0.39, 0.29) is 11.9 Å². The van der Waals surface area contributed by atoms with Crippen molar-refractivity contribution in [2.24, 2.45) is 5.73 Å². The van der Waals surface area contributed by atoms with Gasteiger partial charge in [0.25, 0.3) is 0 Å². The minimum Gasteiger partial charge on any atom is -0.368 e. The summed E-state index contributed by atoms with van der Waals surface area (Å²) < 4.78 is 0. The van der Waals surface area contributed by atoms with Crippen LogP contribution in [0.3, 0.4) is 0 Å². The van der Waals surface area contributed by atoms with Crippen molar-refractivity contribution in [3.8, 4) is 0 Å². The van der Waals surface area contributed by atoms with E-state index in [1.807, 2.05) is 0 Å². The zero-order valence-electron chi connectivity index (χ0n) is 5.13. The predicted octanol–water partition coefficient (Wildman–Crippen LogP) is -1.30. The monoisotopic (exact) mass is 128 g/mol. The van der Waals surface area contributed by atoms with Crippen molar-refractivity contribution in [2.45, 2.75) is 13.0 Å². The van der Waals surface area contributed by atoms with Crippen LogP contribution in [0.5, 0.6) is 0 Å². The molecule has 4 heteroatoms. The standard InChI is InChI=1S/C5H8N2O2/c1-3(8)7-2-4(7)5(6)9/h4H,2H2,1H3,(H2,6,9). The van der Waals surface area contributed by atoms with E-state index in [2.05, 4.69) is 0 Å². The second-order valence-electron chi connectivity index (χ2n) is 2.09. The van der Waals surface area contributed by atoms with Crippen molar-refractivity contribution >= 4 is 11.8 Å². The fraction of sp³-hybridized carbons (Fsp3) is 0.600. The molecule has 2 amide bonds. The number of nitrogens with zero attached hydrogens (tertiary/aromatic N) is 1. The van der Waals surface area contributed by atoms with Crippen LogP contribution in [0.1, 0.15) is 6.92 Å². The summed E-state index contributed by atoms with van der Waals surface area (Å²) in [5.41, 5.74) is 4.89. The second kappa shape index (κ2) is 1.72. The Morgan fingerprint density at radius 1 is 1.67 bits per heavy atom. The minimum atomic E-state index is -0.412. The summed E-state index contributed by atoms with van der Waals surface area (Å²) in [5.74, 6) is -0.496. The van der Waals surface area contributed by atoms with E-state index in [0.29, 0.717) is 6.54 Å². The lowest BCUT2D eigenvalue weighted by Gasteiger charge is -1.92. The van der Waals surface area contributed by atoms with Gasteiger partial charge in [-0.3, -0.25) is 9.59 Å². The van der Waals surface area contributed by atoms with E-state index in [0.717, 1.165) is 0 Å². The summed E-state index contributed by atoms with van der Waals surface area (Å²) >= 11 is 0. The number of rotatable bonds is 1. The van der Waals surface area contributed by atoms with Gasteiger partial charge in [-0.1, -0.05) is 0 Å². The summed E-state index contributed by atoms with van der Waals surface area (Å²) in [6.07, 6.45) is 0. The SMILES string of the molecule is CC(=O)N1CC1C(N)=O. The molecule has 1 fully saturated rings. The highest BCUT2D eigenvalue weighted by Crippen LogP contribution is 2.15. The van der Waals surface area contributed by atoms with Crippen molar-refractivity contribution in [1.29, 1.82) is 0 Å². The first-order valence-electron chi connectivity index (χ1n) is 2.69. The number of hydrogen-bond donors (Lipinski definition) is 1. The van der Waals surface area contributed by atoms with Crippen LogP contribution < -0.4 is 5.73 Å². The number of hydrogen-bond acceptors (Lipinski definition) is 2. The molecule has 1 unspecified atom stereocenters. The fourth-order valence-electron chi connectivity index (χ4n) is 0.731. The third-order valence-electron chi connectivity index (χ3n) is 1.35. The van der Waals surface area contributed by atoms with Crippen molar-refractivity contribution < 1.29 is 9.59 Å². The van der Waals surface area contributed by atoms with Gasteiger partial charge in [0, 0.05) is 6.92 Å². The average molecular weight is 128 g/mol. The lowest BCUT2D eigenvalue weighted by Crippen LogP contribution is -2.23. The zero-order chi connectivity index (χ0) is 7.02. The van der Waals surface area contributed by atoms with Gasteiger partial charge in [-0.15, -0.1) is 0 Å². The third kappa shape index (κ3) is 1.01. The highest BCUT2D eigenvalue weighted by Gasteiger charge is 2.40. The molecule has 0 radical (unpaired) electrons. The van der Waals surface area contributed by atoms with Crippen LogP contribution in [0, 0.1) is 0 Å². The molecule has 0 spiro atoms. The fourth-order valence-corrected chi connectivity index (χ4v) is 0.731. The molecule has 1 heterocycles. The maximum absolute atomic E-state index is 10.4. The molecule has 1 aliphatic rings. The van der Waals surface area contributed by atoms with Gasteiger partial charge in [0.2, 0.25) is 11.8 Å². The van der Waals surface area contributed by atoms with Crippen molar-refractivity contribution in [1.82, 2.24) is 4.90 Å². The van der Waals surface area contributed by atoms with Gasteiger partial charge in [-0.2, -0.15) is 0 Å². The van der Waals surface area contributed by atoms with Gasteiger partial charge in [0.15, 0.2) is 0 Å². The van der Waals surface area contributed by atoms with Crippen molar-refractivity contribution in [2.75, 3.05) is 6.54 Å². The maximum Gasteiger partial charge on any atom is 0.242 e. The number of carbonyl (C=O) groups is 2. The Kier molecular flexibility index (Phi) is 1.16. The van der Waals surface area contributed by atoms with Crippen LogP contribution in [0.25, 0.3) is 0 Å². The van der Waals surface area contributed by atoms with E-state index in [1.54, 1.807) is 0 Å². The van der Waals surface area contributed by atoms with Crippen LogP contribution in [0.4, 0.5) is 0 Å². The van der Waals surface area contributed by atoms with Gasteiger partial charge in [0.1, 0.15) is 6.04 Å². The Balaban J connectivity index is 2.42. The Hall–Kier alpha value is -1.06. The second-order valence-corrected chi connectivity index (χ2v) is 2.09. The molecular weight excluding hydrogens is 120 g/mol. The molecule has 1 atom stereocenters. The molecule has 0 aliphatic carbocycles. The lowest BCUT2D eigenvalue weighted by atomic mass is 10.5. The molecule has 0 aromatic heterocycles. The molecule has 0 saturated carbocycles. The van der Waals surface area contributed by atoms with Crippen LogP contribution in [-0.2, 0) is 9.59 Å². The van der Waals surface area contributed by atoms with E-state index in [4.69, 9.17) is 5.73 Å². The van der Waals surface area contributed by atoms with Gasteiger partial charge in [0.05, 0.1) is 6.54 Å². The Morgan fingerprint density at radius 3 is 2.33 bits per heavy atom. The molecule has 50 valence electrons. The summed E-state index contributed by atoms with van der Waals surface area (Å²) in [5, 5.41) is 0. The topological polar surface area (TPSA) is 63.2 Å². The van der Waals surface area contributed by atoms with E-state index >= 15 is 0 Å². The predicted molar refractivity (Wildman–Crippen MR) is 30.4 cm³/mol. The smallest absolute Gasteiger partial charge is 0.242 e. The van der Waals surface area contributed by atoms with E-state index in [9.17, 15) is 9.59 Å². The summed E-state index contributed by atoms with van der Waals surface area (Å²) in [6.45, 7) is 1.92. The quantitative estimate of drug-likeness (QED) is 0.446. The average Bonchev–Trinajstić information content (AvgIpc) is 2.39. The summed E-state index contributed by atoms with van der Waals surface area (Å²) in [7, 11) is 0. The number of primary amides is 1. The zero-order valence-corrected chi connectivity index (χ0v) is 5.13. The first-order chi connectivity index (χ1) is 4.13. The van der Waals surface area contributed by atoms with Crippen LogP contribution in [0.15, 0.2) is 0 Å². The van der Waals surface area contributed by atoms with Gasteiger partial charge >= 0.3 is 0 Å². The maximum atomic E-state index is 10.4. The normalized spacial score (nSPS) is 23.7. The summed E-state index contributed by atoms with van der Waals surface area (Å²) in [6, 6.07) is -0.317. The van der Waals surface area contributed by atoms with Crippen LogP contribution in [-0.4, -0.2) is 29.3 Å². The number of carbonyl (C=O) groups excluding carboxylic acids is 2. The van der Waals surface area contributed by atoms with Gasteiger partial charge < -0.3 is 10.6 Å². The van der Waals surface area contributed by atoms with Crippen LogP contribution >= 0.6 is 0 Å². The molecule has 0 aromatic rings. The van der Waals surface area contributed by atoms with Gasteiger partial charge in [-0.05, 0) is 0 Å². The summed E-state index contributed by atoms with van der Waals surface area (Å²) in [4.78, 5) is 22.2. The first-order valence-corrected chi connectivity index (χ1v) is 2.69. The number of nitrogens with two attached hydrogens (primary N) is 1. The molecule has 0 aromatic carbocycles. The van der Waals surface area contributed by atoms with Crippen LogP contribution in [0.2, 0.25) is 0 Å². The molecule has 1 saturated heterocycles. The molecule has 9 heavy (non-hydrogen) atoms. The highest BCUT2D eigenvalue weighted by atomic mass is 16.2. The third-order valence-corrected chi connectivity index (χ3v) is 1.35. The minimum absolute atomic E-state index is 0.0844. The molecule has 0 bridgehead atoms. The number of amides is 2.